The minimum Gasteiger partial charge on any atom is -0.467 e. The van der Waals surface area contributed by atoms with Crippen LogP contribution in [0.5, 0.6) is 0 Å². The molecule has 1 fully saturated rings. The van der Waals surface area contributed by atoms with Crippen LogP contribution < -0.4 is 5.32 Å². The van der Waals surface area contributed by atoms with Gasteiger partial charge in [-0.3, -0.25) is 14.5 Å². The van der Waals surface area contributed by atoms with Gasteiger partial charge in [0.05, 0.1) is 12.8 Å². The highest BCUT2D eigenvalue weighted by Gasteiger charge is 2.49. The van der Waals surface area contributed by atoms with E-state index in [0.29, 0.717) is 17.9 Å². The summed E-state index contributed by atoms with van der Waals surface area (Å²) in [4.78, 5) is 41.7. The first-order chi connectivity index (χ1) is 15.4. The lowest BCUT2D eigenvalue weighted by Crippen LogP contribution is -2.44. The molecule has 1 aromatic heterocycles. The lowest BCUT2D eigenvalue weighted by Gasteiger charge is -2.25. The molecule has 1 atom stereocenters. The summed E-state index contributed by atoms with van der Waals surface area (Å²) in [5.74, 6) is -0.204. The molecule has 0 bridgehead atoms. The maximum atomic E-state index is 13.2. The number of furan rings is 1. The standard InChI is InChI=1S/C24H22BrN3O4/c1-24(18-9-5-10-19(25)13-18)22(30)28(23(31)26-24)16-21(29)27(15-20-11-6-12-32-20)14-17-7-3-2-4-8-17/h2-13H,14-16H2,1H3,(H,26,31). The van der Waals surface area contributed by atoms with Crippen molar-refractivity contribution >= 4 is 33.8 Å². The number of urea groups is 1. The zero-order valence-corrected chi connectivity index (χ0v) is 19.0. The zero-order chi connectivity index (χ0) is 22.7. The number of nitrogens with zero attached hydrogens (tertiary/aromatic N) is 2. The predicted molar refractivity (Wildman–Crippen MR) is 121 cm³/mol. The fourth-order valence-corrected chi connectivity index (χ4v) is 4.10. The average molecular weight is 496 g/mol. The molecule has 8 heteroatoms. The van der Waals surface area contributed by atoms with Gasteiger partial charge in [-0.05, 0) is 42.3 Å². The van der Waals surface area contributed by atoms with Crippen LogP contribution in [0.4, 0.5) is 4.79 Å². The highest BCUT2D eigenvalue weighted by molar-refractivity contribution is 9.10. The minimum atomic E-state index is -1.24. The Morgan fingerprint density at radius 1 is 1.06 bits per heavy atom. The number of amides is 4. The molecule has 0 spiro atoms. The maximum absolute atomic E-state index is 13.2. The van der Waals surface area contributed by atoms with Gasteiger partial charge >= 0.3 is 6.03 Å². The number of nitrogens with one attached hydrogen (secondary N) is 1. The molecule has 4 rings (SSSR count). The molecule has 1 unspecified atom stereocenters. The van der Waals surface area contributed by atoms with E-state index in [1.165, 1.54) is 0 Å². The van der Waals surface area contributed by atoms with Crippen molar-refractivity contribution in [1.82, 2.24) is 15.1 Å². The van der Waals surface area contributed by atoms with Gasteiger partial charge < -0.3 is 14.6 Å². The lowest BCUT2D eigenvalue weighted by atomic mass is 9.92. The third-order valence-corrected chi connectivity index (χ3v) is 5.96. The number of carbonyl (C=O) groups excluding carboxylic acids is 3. The molecule has 4 amide bonds. The van der Waals surface area contributed by atoms with E-state index in [1.54, 1.807) is 48.4 Å². The Morgan fingerprint density at radius 2 is 1.84 bits per heavy atom. The molecule has 2 aromatic carbocycles. The van der Waals surface area contributed by atoms with Crippen LogP contribution in [0.1, 0.15) is 23.8 Å². The van der Waals surface area contributed by atoms with Gasteiger partial charge in [0.15, 0.2) is 0 Å². The van der Waals surface area contributed by atoms with Crippen LogP contribution in [-0.4, -0.2) is 34.2 Å². The summed E-state index contributed by atoms with van der Waals surface area (Å²) in [6.45, 7) is 1.84. The molecule has 1 aliphatic heterocycles. The Bertz CT molecular complexity index is 1130. The van der Waals surface area contributed by atoms with E-state index in [1.807, 2.05) is 36.4 Å². The monoisotopic (exact) mass is 495 g/mol. The Labute approximate surface area is 194 Å². The number of carbonyl (C=O) groups is 3. The first kappa shape index (κ1) is 21.8. The zero-order valence-electron chi connectivity index (χ0n) is 17.5. The molecule has 164 valence electrons. The summed E-state index contributed by atoms with van der Waals surface area (Å²) < 4.78 is 6.20. The van der Waals surface area contributed by atoms with Crippen LogP contribution in [0.3, 0.4) is 0 Å². The Morgan fingerprint density at radius 3 is 2.53 bits per heavy atom. The summed E-state index contributed by atoms with van der Waals surface area (Å²) in [5.41, 5.74) is 0.326. The maximum Gasteiger partial charge on any atom is 0.325 e. The van der Waals surface area contributed by atoms with Gasteiger partial charge in [0.1, 0.15) is 17.8 Å². The molecular weight excluding hydrogens is 474 g/mol. The molecule has 0 aliphatic carbocycles. The molecule has 1 N–H and O–H groups in total. The van der Waals surface area contributed by atoms with Gasteiger partial charge in [-0.15, -0.1) is 0 Å². The van der Waals surface area contributed by atoms with E-state index in [9.17, 15) is 14.4 Å². The molecule has 0 saturated carbocycles. The molecule has 7 nitrogen and oxygen atoms in total. The third kappa shape index (κ3) is 4.45. The predicted octanol–water partition coefficient (Wildman–Crippen LogP) is 4.04. The van der Waals surface area contributed by atoms with Crippen molar-refractivity contribution in [3.05, 3.63) is 94.4 Å². The highest BCUT2D eigenvalue weighted by atomic mass is 79.9. The van der Waals surface area contributed by atoms with Crippen molar-refractivity contribution in [3.8, 4) is 0 Å². The minimum absolute atomic E-state index is 0.229. The van der Waals surface area contributed by atoms with Crippen LogP contribution in [0.15, 0.2) is 81.9 Å². The van der Waals surface area contributed by atoms with Gasteiger partial charge in [0, 0.05) is 11.0 Å². The van der Waals surface area contributed by atoms with E-state index in [0.717, 1.165) is 14.9 Å². The van der Waals surface area contributed by atoms with Crippen molar-refractivity contribution in [2.24, 2.45) is 0 Å². The van der Waals surface area contributed by atoms with Crippen LogP contribution in [0.25, 0.3) is 0 Å². The van der Waals surface area contributed by atoms with Crippen molar-refractivity contribution < 1.29 is 18.8 Å². The van der Waals surface area contributed by atoms with E-state index >= 15 is 0 Å². The second kappa shape index (κ2) is 9.00. The van der Waals surface area contributed by atoms with E-state index in [-0.39, 0.29) is 19.0 Å². The van der Waals surface area contributed by atoms with Crippen molar-refractivity contribution in [3.63, 3.8) is 0 Å². The van der Waals surface area contributed by atoms with Gasteiger partial charge in [-0.25, -0.2) is 4.79 Å². The van der Waals surface area contributed by atoms with Gasteiger partial charge in [-0.1, -0.05) is 58.4 Å². The summed E-state index contributed by atoms with van der Waals surface area (Å²) in [6.07, 6.45) is 1.54. The van der Waals surface area contributed by atoms with Crippen LogP contribution in [-0.2, 0) is 28.2 Å². The largest absolute Gasteiger partial charge is 0.467 e. The molecule has 1 saturated heterocycles. The average Bonchev–Trinajstić information content (AvgIpc) is 3.37. The summed E-state index contributed by atoms with van der Waals surface area (Å²) in [6, 6.07) is 19.6. The number of benzene rings is 2. The second-order valence-corrected chi connectivity index (χ2v) is 8.69. The smallest absolute Gasteiger partial charge is 0.325 e. The van der Waals surface area contributed by atoms with E-state index in [4.69, 9.17) is 4.42 Å². The molecule has 1 aliphatic rings. The first-order valence-electron chi connectivity index (χ1n) is 10.1. The van der Waals surface area contributed by atoms with Crippen molar-refractivity contribution in [2.75, 3.05) is 6.54 Å². The number of rotatable bonds is 7. The van der Waals surface area contributed by atoms with Crippen molar-refractivity contribution in [1.29, 1.82) is 0 Å². The van der Waals surface area contributed by atoms with Crippen LogP contribution >= 0.6 is 15.9 Å². The SMILES string of the molecule is CC1(c2cccc(Br)c2)NC(=O)N(CC(=O)N(Cc2ccccc2)Cc2ccco2)C1=O. The molecule has 0 radical (unpaired) electrons. The number of halogens is 1. The van der Waals surface area contributed by atoms with Crippen LogP contribution in [0.2, 0.25) is 0 Å². The Kier molecular flexibility index (Phi) is 6.14. The first-order valence-corrected chi connectivity index (χ1v) is 10.9. The summed E-state index contributed by atoms with van der Waals surface area (Å²) in [7, 11) is 0. The topological polar surface area (TPSA) is 82.9 Å². The fourth-order valence-electron chi connectivity index (χ4n) is 3.70. The van der Waals surface area contributed by atoms with Crippen molar-refractivity contribution in [2.45, 2.75) is 25.6 Å². The molecule has 2 heterocycles. The number of hydrogen-bond donors (Lipinski definition) is 1. The Balaban J connectivity index is 1.54. The fraction of sp³-hybridized carbons (Fsp3) is 0.208. The number of hydrogen-bond acceptors (Lipinski definition) is 4. The van der Waals surface area contributed by atoms with E-state index < -0.39 is 17.5 Å². The lowest BCUT2D eigenvalue weighted by molar-refractivity contribution is -0.139. The summed E-state index contributed by atoms with van der Waals surface area (Å²) >= 11 is 3.40. The van der Waals surface area contributed by atoms with Gasteiger partial charge in [0.25, 0.3) is 5.91 Å². The second-order valence-electron chi connectivity index (χ2n) is 7.77. The van der Waals surface area contributed by atoms with Gasteiger partial charge in [0.2, 0.25) is 5.91 Å². The molecular formula is C24H22BrN3O4. The normalized spacial score (nSPS) is 18.0. The van der Waals surface area contributed by atoms with Crippen LogP contribution in [0, 0.1) is 0 Å². The molecule has 32 heavy (non-hydrogen) atoms. The van der Waals surface area contributed by atoms with E-state index in [2.05, 4.69) is 21.2 Å². The molecule has 3 aromatic rings. The Hall–Kier alpha value is -3.39. The summed E-state index contributed by atoms with van der Waals surface area (Å²) in [5, 5.41) is 2.74. The third-order valence-electron chi connectivity index (χ3n) is 5.47. The quantitative estimate of drug-likeness (QED) is 0.501. The highest BCUT2D eigenvalue weighted by Crippen LogP contribution is 2.30. The van der Waals surface area contributed by atoms with Gasteiger partial charge in [-0.2, -0.15) is 0 Å². The number of imide groups is 1.